The topological polar surface area (TPSA) is 96.5 Å². The molecule has 34 heavy (non-hydrogen) atoms. The summed E-state index contributed by atoms with van der Waals surface area (Å²) in [6.45, 7) is 5.56. The van der Waals surface area contributed by atoms with Gasteiger partial charge in [0.15, 0.2) is 0 Å². The predicted octanol–water partition coefficient (Wildman–Crippen LogP) is 4.96. The molecule has 1 amide bonds. The average Bonchev–Trinajstić information content (AvgIpc) is 2.82. The molecule has 4 aromatic rings. The van der Waals surface area contributed by atoms with E-state index in [1.165, 1.54) is 10.5 Å². The van der Waals surface area contributed by atoms with Crippen LogP contribution < -0.4 is 15.6 Å². The standard InChI is InChI=1S/C27H22N4O3/c1-17-9-4-6-12-22(17)29-25(32)20(16-28)15-21-26(34-23-13-7-5-10-18(23)2)30-24-19(3)11-8-14-31(24)27(21)33/h4-15H,1-3H3,(H,29,32)/b20-15-. The second-order valence-corrected chi connectivity index (χ2v) is 7.83. The predicted molar refractivity (Wildman–Crippen MR) is 131 cm³/mol. The second kappa shape index (κ2) is 9.43. The van der Waals surface area contributed by atoms with E-state index in [1.807, 2.05) is 63.2 Å². The highest BCUT2D eigenvalue weighted by atomic mass is 16.5. The highest BCUT2D eigenvalue weighted by Crippen LogP contribution is 2.27. The fourth-order valence-electron chi connectivity index (χ4n) is 3.46. The first kappa shape index (κ1) is 22.5. The Balaban J connectivity index is 1.86. The number of hydrogen-bond donors (Lipinski definition) is 1. The lowest BCUT2D eigenvalue weighted by molar-refractivity contribution is -0.112. The molecule has 7 nitrogen and oxygen atoms in total. The molecule has 2 aromatic heterocycles. The molecule has 2 aromatic carbocycles. The van der Waals surface area contributed by atoms with Crippen LogP contribution in [0.25, 0.3) is 11.7 Å². The van der Waals surface area contributed by atoms with Crippen LogP contribution in [-0.2, 0) is 4.79 Å². The normalized spacial score (nSPS) is 11.2. The van der Waals surface area contributed by atoms with Gasteiger partial charge in [0.05, 0.1) is 0 Å². The Morgan fingerprint density at radius 1 is 1.00 bits per heavy atom. The molecule has 0 unspecified atom stereocenters. The maximum Gasteiger partial charge on any atom is 0.269 e. The summed E-state index contributed by atoms with van der Waals surface area (Å²) in [4.78, 5) is 30.9. The van der Waals surface area contributed by atoms with Crippen molar-refractivity contribution in [2.75, 3.05) is 5.32 Å². The van der Waals surface area contributed by atoms with E-state index in [-0.39, 0.29) is 17.0 Å². The van der Waals surface area contributed by atoms with Gasteiger partial charge < -0.3 is 10.1 Å². The lowest BCUT2D eigenvalue weighted by atomic mass is 10.1. The van der Waals surface area contributed by atoms with Crippen LogP contribution in [0.2, 0.25) is 0 Å². The molecule has 0 aliphatic heterocycles. The van der Waals surface area contributed by atoms with Crippen LogP contribution in [0, 0.1) is 32.1 Å². The summed E-state index contributed by atoms with van der Waals surface area (Å²) < 4.78 is 7.41. The molecule has 0 aliphatic rings. The third kappa shape index (κ3) is 4.43. The van der Waals surface area contributed by atoms with E-state index in [0.717, 1.165) is 16.7 Å². The summed E-state index contributed by atoms with van der Waals surface area (Å²) in [7, 11) is 0. The van der Waals surface area contributed by atoms with E-state index >= 15 is 0 Å². The van der Waals surface area contributed by atoms with E-state index < -0.39 is 11.5 Å². The number of nitrogens with zero attached hydrogens (tertiary/aromatic N) is 3. The van der Waals surface area contributed by atoms with E-state index in [9.17, 15) is 14.9 Å². The first-order valence-electron chi connectivity index (χ1n) is 10.6. The van der Waals surface area contributed by atoms with Gasteiger partial charge >= 0.3 is 0 Å². The number of nitrogens with one attached hydrogen (secondary N) is 1. The number of aromatic nitrogens is 2. The number of carbonyl (C=O) groups is 1. The van der Waals surface area contributed by atoms with E-state index in [2.05, 4.69) is 10.3 Å². The Morgan fingerprint density at radius 3 is 2.38 bits per heavy atom. The molecule has 0 radical (unpaired) electrons. The fraction of sp³-hybridized carbons (Fsp3) is 0.111. The highest BCUT2D eigenvalue weighted by Gasteiger charge is 2.19. The molecule has 168 valence electrons. The van der Waals surface area contributed by atoms with Crippen molar-refractivity contribution in [2.45, 2.75) is 20.8 Å². The minimum atomic E-state index is -0.632. The quantitative estimate of drug-likeness (QED) is 0.342. The van der Waals surface area contributed by atoms with Crippen LogP contribution in [0.4, 0.5) is 5.69 Å². The molecule has 0 atom stereocenters. The smallest absolute Gasteiger partial charge is 0.269 e. The Bertz CT molecular complexity index is 1540. The van der Waals surface area contributed by atoms with Crippen LogP contribution in [0.15, 0.2) is 77.2 Å². The highest BCUT2D eigenvalue weighted by molar-refractivity contribution is 6.10. The van der Waals surface area contributed by atoms with Crippen LogP contribution in [0.5, 0.6) is 11.6 Å². The Kier molecular flexibility index (Phi) is 6.24. The third-order valence-corrected chi connectivity index (χ3v) is 5.40. The fourth-order valence-corrected chi connectivity index (χ4v) is 3.46. The summed E-state index contributed by atoms with van der Waals surface area (Å²) in [6, 6.07) is 20.0. The zero-order valence-corrected chi connectivity index (χ0v) is 19.0. The van der Waals surface area contributed by atoms with Crippen molar-refractivity contribution < 1.29 is 9.53 Å². The largest absolute Gasteiger partial charge is 0.438 e. The van der Waals surface area contributed by atoms with Gasteiger partial charge in [-0.2, -0.15) is 10.2 Å². The van der Waals surface area contributed by atoms with Crippen LogP contribution in [-0.4, -0.2) is 15.3 Å². The van der Waals surface area contributed by atoms with Crippen molar-refractivity contribution in [3.63, 3.8) is 0 Å². The first-order chi connectivity index (χ1) is 16.4. The molecule has 0 spiro atoms. The molecule has 0 bridgehead atoms. The van der Waals surface area contributed by atoms with Gasteiger partial charge in [0.2, 0.25) is 5.88 Å². The van der Waals surface area contributed by atoms with Gasteiger partial charge in [-0.25, -0.2) is 0 Å². The van der Waals surface area contributed by atoms with E-state index in [0.29, 0.717) is 17.1 Å². The van der Waals surface area contributed by atoms with Crippen molar-refractivity contribution in [3.05, 3.63) is 105 Å². The molecule has 4 rings (SSSR count). The number of para-hydroxylation sites is 2. The zero-order valence-electron chi connectivity index (χ0n) is 19.0. The van der Waals surface area contributed by atoms with Gasteiger partial charge in [-0.15, -0.1) is 0 Å². The number of ether oxygens (including phenoxy) is 1. The molecule has 7 heteroatoms. The monoisotopic (exact) mass is 450 g/mol. The SMILES string of the molecule is Cc1ccccc1NC(=O)/C(C#N)=C\c1c(Oc2ccccc2C)nc2c(C)cccn2c1=O. The van der Waals surface area contributed by atoms with Crippen molar-refractivity contribution in [2.24, 2.45) is 0 Å². The summed E-state index contributed by atoms with van der Waals surface area (Å²) in [5, 5.41) is 12.5. The maximum atomic E-state index is 13.4. The number of rotatable bonds is 5. The summed E-state index contributed by atoms with van der Waals surface area (Å²) in [6.07, 6.45) is 2.82. The van der Waals surface area contributed by atoms with E-state index in [4.69, 9.17) is 4.74 Å². The Hall–Kier alpha value is -4.70. The summed E-state index contributed by atoms with van der Waals surface area (Å²) >= 11 is 0. The van der Waals surface area contributed by atoms with Crippen LogP contribution >= 0.6 is 0 Å². The lowest BCUT2D eigenvalue weighted by Crippen LogP contribution is -2.21. The van der Waals surface area contributed by atoms with Gasteiger partial charge in [-0.1, -0.05) is 42.5 Å². The van der Waals surface area contributed by atoms with Gasteiger partial charge in [0, 0.05) is 11.9 Å². The number of fused-ring (bicyclic) bond motifs is 1. The molecule has 2 heterocycles. The van der Waals surface area contributed by atoms with Crippen LogP contribution in [0.1, 0.15) is 22.3 Å². The summed E-state index contributed by atoms with van der Waals surface area (Å²) in [5.41, 5.74) is 2.79. The number of anilines is 1. The number of nitriles is 1. The molecule has 0 saturated carbocycles. The number of carbonyl (C=O) groups excluding carboxylic acids is 1. The third-order valence-electron chi connectivity index (χ3n) is 5.40. The zero-order chi connectivity index (χ0) is 24.2. The Morgan fingerprint density at radius 2 is 1.68 bits per heavy atom. The average molecular weight is 450 g/mol. The Labute approximate surface area is 196 Å². The van der Waals surface area contributed by atoms with Crippen molar-refractivity contribution in [1.82, 2.24) is 9.38 Å². The maximum absolute atomic E-state index is 13.4. The lowest BCUT2D eigenvalue weighted by Gasteiger charge is -2.13. The number of benzene rings is 2. The molecule has 1 N–H and O–H groups in total. The molecular formula is C27H22N4O3. The van der Waals surface area contributed by atoms with Crippen molar-refractivity contribution >= 4 is 23.3 Å². The van der Waals surface area contributed by atoms with Crippen molar-refractivity contribution in [3.8, 4) is 17.7 Å². The first-order valence-corrected chi connectivity index (χ1v) is 10.6. The molecular weight excluding hydrogens is 428 g/mol. The number of aryl methyl sites for hydroxylation is 3. The molecule has 0 saturated heterocycles. The minimum Gasteiger partial charge on any atom is -0.438 e. The molecule has 0 aliphatic carbocycles. The van der Waals surface area contributed by atoms with Gasteiger partial charge in [0.1, 0.15) is 28.6 Å². The van der Waals surface area contributed by atoms with Gasteiger partial charge in [0.25, 0.3) is 11.5 Å². The van der Waals surface area contributed by atoms with Gasteiger partial charge in [-0.3, -0.25) is 14.0 Å². The summed E-state index contributed by atoms with van der Waals surface area (Å²) in [5.74, 6) is -0.0951. The van der Waals surface area contributed by atoms with Gasteiger partial charge in [-0.05, 0) is 61.7 Å². The molecule has 0 fully saturated rings. The second-order valence-electron chi connectivity index (χ2n) is 7.83. The number of pyridine rings is 1. The number of hydrogen-bond acceptors (Lipinski definition) is 5. The van der Waals surface area contributed by atoms with Crippen molar-refractivity contribution in [1.29, 1.82) is 5.26 Å². The van der Waals surface area contributed by atoms with Crippen LogP contribution in [0.3, 0.4) is 0 Å². The number of amides is 1. The minimum absolute atomic E-state index is 0.00263. The van der Waals surface area contributed by atoms with E-state index in [1.54, 1.807) is 30.5 Å².